The largest absolute Gasteiger partial charge is 0.481 e. The summed E-state index contributed by atoms with van der Waals surface area (Å²) in [5.74, 6) is -4.26. The molecule has 0 saturated heterocycles. The fraction of sp³-hybridized carbons (Fsp3) is 0.688. The van der Waals surface area contributed by atoms with Crippen molar-refractivity contribution in [3.8, 4) is 0 Å². The zero-order chi connectivity index (χ0) is 21.9. The normalized spacial score (nSPS) is 13.9. The fourth-order valence-electron chi connectivity index (χ4n) is 2.23. The van der Waals surface area contributed by atoms with Crippen LogP contribution in [-0.2, 0) is 19.2 Å². The number of nitrogens with zero attached hydrogens (tertiary/aromatic N) is 1. The topological polar surface area (TPSA) is 223 Å². The minimum absolute atomic E-state index is 0.0644. The number of rotatable bonds is 13. The minimum atomic E-state index is -1.38. The van der Waals surface area contributed by atoms with E-state index in [1.807, 2.05) is 0 Å². The van der Waals surface area contributed by atoms with Crippen LogP contribution in [0.4, 0.5) is 0 Å². The quantitative estimate of drug-likeness (QED) is 0.102. The third-order valence-electron chi connectivity index (χ3n) is 3.81. The first-order chi connectivity index (χ1) is 13.0. The molecule has 12 heteroatoms. The van der Waals surface area contributed by atoms with Crippen molar-refractivity contribution in [1.29, 1.82) is 0 Å². The molecule has 0 aromatic carbocycles. The maximum Gasteiger partial charge on any atom is 0.326 e. The van der Waals surface area contributed by atoms with Crippen molar-refractivity contribution < 1.29 is 29.4 Å². The molecule has 0 heterocycles. The zero-order valence-corrected chi connectivity index (χ0v) is 16.1. The summed E-state index contributed by atoms with van der Waals surface area (Å²) in [6, 6.07) is -3.30. The van der Waals surface area contributed by atoms with Gasteiger partial charge in [0.1, 0.15) is 12.1 Å². The van der Waals surface area contributed by atoms with Gasteiger partial charge in [0.15, 0.2) is 5.96 Å². The number of nitrogens with two attached hydrogens (primary N) is 3. The number of aliphatic carboxylic acids is 2. The third kappa shape index (κ3) is 10.3. The second-order valence-corrected chi connectivity index (χ2v) is 6.62. The molecule has 0 fully saturated rings. The molecule has 0 aliphatic heterocycles. The molecule has 0 aromatic rings. The van der Waals surface area contributed by atoms with E-state index in [0.717, 1.165) is 0 Å². The predicted molar refractivity (Wildman–Crippen MR) is 101 cm³/mol. The highest BCUT2D eigenvalue weighted by Crippen LogP contribution is 2.06. The first-order valence-electron chi connectivity index (χ1n) is 8.82. The fourth-order valence-corrected chi connectivity index (χ4v) is 2.23. The summed E-state index contributed by atoms with van der Waals surface area (Å²) in [4.78, 5) is 50.3. The summed E-state index contributed by atoms with van der Waals surface area (Å²) < 4.78 is 0. The van der Waals surface area contributed by atoms with Gasteiger partial charge >= 0.3 is 11.9 Å². The number of carboxylic acid groups (broad SMARTS) is 2. The van der Waals surface area contributed by atoms with Crippen LogP contribution in [0.25, 0.3) is 0 Å². The van der Waals surface area contributed by atoms with Crippen LogP contribution in [0.2, 0.25) is 0 Å². The van der Waals surface area contributed by atoms with Crippen molar-refractivity contribution in [3.63, 3.8) is 0 Å². The first kappa shape index (κ1) is 25.1. The van der Waals surface area contributed by atoms with Crippen LogP contribution in [0.5, 0.6) is 0 Å². The third-order valence-corrected chi connectivity index (χ3v) is 3.81. The van der Waals surface area contributed by atoms with E-state index < -0.39 is 48.3 Å². The van der Waals surface area contributed by atoms with E-state index in [2.05, 4.69) is 15.6 Å². The SMILES string of the molecule is CC(C)[C@H](NC(=O)[C@@H](N)CCCN=C(N)N)C(=O)N[C@@H](CCC(=O)O)C(=O)O. The van der Waals surface area contributed by atoms with Crippen LogP contribution < -0.4 is 27.8 Å². The van der Waals surface area contributed by atoms with Gasteiger partial charge in [0.25, 0.3) is 0 Å². The molecule has 0 saturated carbocycles. The van der Waals surface area contributed by atoms with Crippen LogP contribution in [0.1, 0.15) is 39.5 Å². The molecule has 0 aliphatic carbocycles. The molecular weight excluding hydrogens is 372 g/mol. The number of carboxylic acids is 2. The van der Waals surface area contributed by atoms with E-state index in [1.165, 1.54) is 0 Å². The number of aliphatic imine (C=N–C) groups is 1. The van der Waals surface area contributed by atoms with Crippen molar-refractivity contribution in [2.24, 2.45) is 28.1 Å². The number of nitrogens with one attached hydrogen (secondary N) is 2. The lowest BCUT2D eigenvalue weighted by atomic mass is 10.0. The minimum Gasteiger partial charge on any atom is -0.481 e. The predicted octanol–water partition coefficient (Wildman–Crippen LogP) is -2.06. The highest BCUT2D eigenvalue weighted by atomic mass is 16.4. The highest BCUT2D eigenvalue weighted by Gasteiger charge is 2.30. The molecule has 0 spiro atoms. The molecule has 160 valence electrons. The van der Waals surface area contributed by atoms with Gasteiger partial charge in [-0.25, -0.2) is 4.79 Å². The van der Waals surface area contributed by atoms with Crippen LogP contribution >= 0.6 is 0 Å². The van der Waals surface area contributed by atoms with E-state index in [1.54, 1.807) is 13.8 Å². The van der Waals surface area contributed by atoms with Gasteiger partial charge < -0.3 is 38.0 Å². The summed E-state index contributed by atoms with van der Waals surface area (Å²) in [6.07, 6.45) is 0.0445. The van der Waals surface area contributed by atoms with E-state index in [9.17, 15) is 19.2 Å². The molecule has 28 heavy (non-hydrogen) atoms. The van der Waals surface area contributed by atoms with Gasteiger partial charge in [-0.1, -0.05) is 13.8 Å². The van der Waals surface area contributed by atoms with Gasteiger partial charge in [0.2, 0.25) is 11.8 Å². The molecule has 0 unspecified atom stereocenters. The lowest BCUT2D eigenvalue weighted by Gasteiger charge is -2.25. The Morgan fingerprint density at radius 3 is 2.07 bits per heavy atom. The van der Waals surface area contributed by atoms with Gasteiger partial charge in [-0.2, -0.15) is 0 Å². The second-order valence-electron chi connectivity index (χ2n) is 6.62. The Balaban J connectivity index is 4.83. The Labute approximate surface area is 162 Å². The van der Waals surface area contributed by atoms with Gasteiger partial charge in [0.05, 0.1) is 6.04 Å². The lowest BCUT2D eigenvalue weighted by molar-refractivity contribution is -0.143. The van der Waals surface area contributed by atoms with E-state index in [-0.39, 0.29) is 24.7 Å². The molecule has 0 aromatic heterocycles. The molecular formula is C16H30N6O6. The monoisotopic (exact) mass is 402 g/mol. The molecule has 0 aliphatic rings. The molecule has 0 bridgehead atoms. The van der Waals surface area contributed by atoms with Crippen molar-refractivity contribution >= 4 is 29.7 Å². The number of hydrogen-bond donors (Lipinski definition) is 7. The second kappa shape index (κ2) is 12.5. The van der Waals surface area contributed by atoms with Crippen LogP contribution in [0, 0.1) is 5.92 Å². The van der Waals surface area contributed by atoms with E-state index in [4.69, 9.17) is 27.4 Å². The summed E-state index contributed by atoms with van der Waals surface area (Å²) in [5, 5.41) is 22.6. The smallest absolute Gasteiger partial charge is 0.326 e. The van der Waals surface area contributed by atoms with Crippen LogP contribution in [0.3, 0.4) is 0 Å². The Bertz CT molecular complexity index is 590. The Hall–Kier alpha value is -2.89. The summed E-state index contributed by atoms with van der Waals surface area (Å²) in [7, 11) is 0. The number of guanidine groups is 1. The molecule has 12 nitrogen and oxygen atoms in total. The number of carbonyl (C=O) groups excluding carboxylic acids is 2. The highest BCUT2D eigenvalue weighted by molar-refractivity contribution is 5.92. The Morgan fingerprint density at radius 2 is 1.61 bits per heavy atom. The van der Waals surface area contributed by atoms with Crippen molar-refractivity contribution in [1.82, 2.24) is 10.6 Å². The number of amides is 2. The Morgan fingerprint density at radius 1 is 1.00 bits per heavy atom. The molecule has 3 atom stereocenters. The van der Waals surface area contributed by atoms with Gasteiger partial charge in [0, 0.05) is 13.0 Å². The van der Waals surface area contributed by atoms with Crippen molar-refractivity contribution in [2.45, 2.75) is 57.7 Å². The lowest BCUT2D eigenvalue weighted by Crippen LogP contribution is -2.56. The van der Waals surface area contributed by atoms with Crippen molar-refractivity contribution in [3.05, 3.63) is 0 Å². The molecule has 0 rings (SSSR count). The Kier molecular flexibility index (Phi) is 11.2. The summed E-state index contributed by atoms with van der Waals surface area (Å²) in [5.41, 5.74) is 16.2. The van der Waals surface area contributed by atoms with E-state index in [0.29, 0.717) is 13.0 Å². The summed E-state index contributed by atoms with van der Waals surface area (Å²) >= 11 is 0. The molecule has 2 amide bonds. The molecule has 10 N–H and O–H groups in total. The maximum absolute atomic E-state index is 12.4. The van der Waals surface area contributed by atoms with Gasteiger partial charge in [-0.3, -0.25) is 19.4 Å². The maximum atomic E-state index is 12.4. The summed E-state index contributed by atoms with van der Waals surface area (Å²) in [6.45, 7) is 3.64. The molecule has 0 radical (unpaired) electrons. The average molecular weight is 402 g/mol. The number of hydrogen-bond acceptors (Lipinski definition) is 6. The van der Waals surface area contributed by atoms with Gasteiger partial charge in [-0.05, 0) is 25.2 Å². The van der Waals surface area contributed by atoms with Crippen LogP contribution in [-0.4, -0.2) is 64.6 Å². The zero-order valence-electron chi connectivity index (χ0n) is 16.1. The van der Waals surface area contributed by atoms with Gasteiger partial charge in [-0.15, -0.1) is 0 Å². The first-order valence-corrected chi connectivity index (χ1v) is 8.82. The average Bonchev–Trinajstić information content (AvgIpc) is 2.58. The standard InChI is InChI=1S/C16H30N6O6/c1-8(2)12(14(26)21-10(15(27)28)5-6-11(23)24)22-13(25)9(17)4-3-7-20-16(18)19/h8-10,12H,3-7,17H2,1-2H3,(H,21,26)(H,22,25)(H,23,24)(H,27,28)(H4,18,19,20)/t9-,10-,12-/m0/s1. The van der Waals surface area contributed by atoms with E-state index >= 15 is 0 Å². The van der Waals surface area contributed by atoms with Crippen molar-refractivity contribution in [2.75, 3.05) is 6.54 Å². The van der Waals surface area contributed by atoms with Crippen LogP contribution in [0.15, 0.2) is 4.99 Å². The number of carbonyl (C=O) groups is 4.